The van der Waals surface area contributed by atoms with Crippen LogP contribution in [0.4, 0.5) is 0 Å². The maximum Gasteiger partial charge on any atom is 0.0575 e. The third kappa shape index (κ3) is 2.54. The van der Waals surface area contributed by atoms with Gasteiger partial charge in [-0.2, -0.15) is 0 Å². The molecule has 0 spiro atoms. The molecule has 90 valence electrons. The van der Waals surface area contributed by atoms with Crippen LogP contribution < -0.4 is 0 Å². The van der Waals surface area contributed by atoms with Crippen LogP contribution >= 0.6 is 0 Å². The first kappa shape index (κ1) is 13.0. The van der Waals surface area contributed by atoms with Gasteiger partial charge >= 0.3 is 0 Å². The van der Waals surface area contributed by atoms with Crippen LogP contribution in [-0.4, -0.2) is 33.2 Å². The van der Waals surface area contributed by atoms with Crippen LogP contribution in [0.1, 0.15) is 60.8 Å². The molecule has 0 aliphatic carbocycles. The van der Waals surface area contributed by atoms with Crippen LogP contribution in [0.25, 0.3) is 0 Å². The fourth-order valence-electron chi connectivity index (χ4n) is 3.62. The Morgan fingerprint density at radius 3 is 1.93 bits per heavy atom. The molecule has 0 aromatic rings. The summed E-state index contributed by atoms with van der Waals surface area (Å²) in [6.45, 7) is 13.5. The van der Waals surface area contributed by atoms with Gasteiger partial charge in [-0.15, -0.1) is 0 Å². The summed E-state index contributed by atoms with van der Waals surface area (Å²) in [5.74, 6) is 0. The van der Waals surface area contributed by atoms with E-state index in [0.29, 0.717) is 6.04 Å². The summed E-state index contributed by atoms with van der Waals surface area (Å²) in [6, 6.07) is 0.586. The first-order valence-electron chi connectivity index (χ1n) is 6.18. The summed E-state index contributed by atoms with van der Waals surface area (Å²) < 4.78 is 0. The molecule has 1 heterocycles. The molecule has 0 bridgehead atoms. The third-order valence-electron chi connectivity index (χ3n) is 3.81. The van der Waals surface area contributed by atoms with E-state index in [9.17, 15) is 5.11 Å². The highest BCUT2D eigenvalue weighted by atomic mass is 16.3. The van der Waals surface area contributed by atoms with Crippen molar-refractivity contribution < 1.29 is 5.11 Å². The zero-order chi connectivity index (χ0) is 11.9. The van der Waals surface area contributed by atoms with Crippen molar-refractivity contribution >= 4 is 0 Å². The predicted molar refractivity (Wildman–Crippen MR) is 65.0 cm³/mol. The molecule has 2 heteroatoms. The van der Waals surface area contributed by atoms with Gasteiger partial charge < -0.3 is 5.11 Å². The van der Waals surface area contributed by atoms with E-state index in [-0.39, 0.29) is 17.2 Å². The summed E-state index contributed by atoms with van der Waals surface area (Å²) >= 11 is 0. The molecular weight excluding hydrogens is 186 g/mol. The highest BCUT2D eigenvalue weighted by Crippen LogP contribution is 2.40. The van der Waals surface area contributed by atoms with Gasteiger partial charge in [-0.25, -0.2) is 0 Å². The van der Waals surface area contributed by atoms with Crippen molar-refractivity contribution in [3.63, 3.8) is 0 Å². The lowest BCUT2D eigenvalue weighted by atomic mass is 9.77. The van der Waals surface area contributed by atoms with Gasteiger partial charge in [0.1, 0.15) is 0 Å². The Balaban J connectivity index is 2.97. The maximum absolute atomic E-state index is 9.93. The number of nitrogens with zero attached hydrogens (tertiary/aromatic N) is 1. The summed E-state index contributed by atoms with van der Waals surface area (Å²) in [7, 11) is 0. The smallest absolute Gasteiger partial charge is 0.0575 e. The second kappa shape index (κ2) is 4.06. The van der Waals surface area contributed by atoms with Crippen molar-refractivity contribution in [1.29, 1.82) is 0 Å². The van der Waals surface area contributed by atoms with Crippen LogP contribution in [-0.2, 0) is 0 Å². The molecule has 1 N–H and O–H groups in total. The second-order valence-electron chi connectivity index (χ2n) is 6.31. The fraction of sp³-hybridized carbons (Fsp3) is 1.00. The Bertz CT molecular complexity index is 205. The van der Waals surface area contributed by atoms with Gasteiger partial charge in [-0.05, 0) is 53.9 Å². The topological polar surface area (TPSA) is 23.5 Å². The molecule has 0 aromatic carbocycles. The van der Waals surface area contributed by atoms with E-state index in [2.05, 4.69) is 46.4 Å². The van der Waals surface area contributed by atoms with Gasteiger partial charge in [-0.1, -0.05) is 6.92 Å². The van der Waals surface area contributed by atoms with Crippen molar-refractivity contribution in [3.05, 3.63) is 0 Å². The Hall–Kier alpha value is -0.0800. The minimum absolute atomic E-state index is 0.108. The molecule has 0 saturated carbocycles. The molecule has 1 aliphatic rings. The molecular formula is C13H27NO. The van der Waals surface area contributed by atoms with E-state index in [1.54, 1.807) is 0 Å². The zero-order valence-corrected chi connectivity index (χ0v) is 11.2. The highest BCUT2D eigenvalue weighted by molar-refractivity contribution is 5.01. The van der Waals surface area contributed by atoms with E-state index in [1.165, 1.54) is 6.42 Å². The lowest BCUT2D eigenvalue weighted by molar-refractivity contribution is -0.102. The molecule has 2 nitrogen and oxygen atoms in total. The highest BCUT2D eigenvalue weighted by Gasteiger charge is 2.46. The molecule has 1 fully saturated rings. The third-order valence-corrected chi connectivity index (χ3v) is 3.81. The molecule has 1 saturated heterocycles. The summed E-state index contributed by atoms with van der Waals surface area (Å²) in [5.41, 5.74) is 0.215. The summed E-state index contributed by atoms with van der Waals surface area (Å²) in [5, 5.41) is 9.93. The Morgan fingerprint density at radius 1 is 1.20 bits per heavy atom. The molecule has 0 aromatic heterocycles. The van der Waals surface area contributed by atoms with E-state index in [1.807, 2.05) is 0 Å². The first-order valence-corrected chi connectivity index (χ1v) is 6.18. The minimum atomic E-state index is -0.143. The van der Waals surface area contributed by atoms with Gasteiger partial charge in [0, 0.05) is 17.1 Å². The maximum atomic E-state index is 9.93. The Labute approximate surface area is 94.7 Å². The van der Waals surface area contributed by atoms with Crippen LogP contribution in [0.5, 0.6) is 0 Å². The molecule has 1 atom stereocenters. The molecule has 1 rings (SSSR count). The standard InChI is InChI=1S/C13H27NO/c1-7-10(2)14-12(3,4)8-11(15)9-13(14,5)6/h10-11,15H,7-9H2,1-6H3. The van der Waals surface area contributed by atoms with Crippen molar-refractivity contribution in [2.24, 2.45) is 0 Å². The van der Waals surface area contributed by atoms with Gasteiger partial charge in [0.05, 0.1) is 6.10 Å². The first-order chi connectivity index (χ1) is 6.70. The number of aliphatic hydroxyl groups is 1. The SMILES string of the molecule is CCC(C)N1C(C)(C)CC(O)CC1(C)C. The minimum Gasteiger partial charge on any atom is -0.393 e. The van der Waals surface area contributed by atoms with Gasteiger partial charge in [0.25, 0.3) is 0 Å². The van der Waals surface area contributed by atoms with E-state index in [0.717, 1.165) is 12.8 Å². The molecule has 15 heavy (non-hydrogen) atoms. The summed E-state index contributed by atoms with van der Waals surface area (Å²) in [4.78, 5) is 2.59. The van der Waals surface area contributed by atoms with Crippen molar-refractivity contribution in [2.45, 2.75) is 84.0 Å². The van der Waals surface area contributed by atoms with Crippen LogP contribution in [0.15, 0.2) is 0 Å². The monoisotopic (exact) mass is 213 g/mol. The number of rotatable bonds is 2. The molecule has 0 radical (unpaired) electrons. The fourth-order valence-corrected chi connectivity index (χ4v) is 3.62. The normalized spacial score (nSPS) is 29.0. The average molecular weight is 213 g/mol. The lowest BCUT2D eigenvalue weighted by Crippen LogP contribution is -2.64. The number of likely N-dealkylation sites (tertiary alicyclic amines) is 1. The quantitative estimate of drug-likeness (QED) is 0.762. The summed E-state index contributed by atoms with van der Waals surface area (Å²) in [6.07, 6.45) is 2.81. The zero-order valence-electron chi connectivity index (χ0n) is 11.2. The molecule has 1 aliphatic heterocycles. The average Bonchev–Trinajstić information content (AvgIpc) is 1.97. The molecule has 0 amide bonds. The Kier molecular flexibility index (Phi) is 3.52. The van der Waals surface area contributed by atoms with Crippen molar-refractivity contribution in [1.82, 2.24) is 4.90 Å². The van der Waals surface area contributed by atoms with Crippen LogP contribution in [0.2, 0.25) is 0 Å². The van der Waals surface area contributed by atoms with Gasteiger partial charge in [0.15, 0.2) is 0 Å². The number of hydrogen-bond acceptors (Lipinski definition) is 2. The van der Waals surface area contributed by atoms with Crippen molar-refractivity contribution in [2.75, 3.05) is 0 Å². The van der Waals surface area contributed by atoms with E-state index >= 15 is 0 Å². The largest absolute Gasteiger partial charge is 0.393 e. The van der Waals surface area contributed by atoms with E-state index in [4.69, 9.17) is 0 Å². The number of hydrogen-bond donors (Lipinski definition) is 1. The van der Waals surface area contributed by atoms with Crippen LogP contribution in [0.3, 0.4) is 0 Å². The van der Waals surface area contributed by atoms with Crippen molar-refractivity contribution in [3.8, 4) is 0 Å². The van der Waals surface area contributed by atoms with E-state index < -0.39 is 0 Å². The van der Waals surface area contributed by atoms with Gasteiger partial charge in [-0.3, -0.25) is 4.90 Å². The van der Waals surface area contributed by atoms with Gasteiger partial charge in [0.2, 0.25) is 0 Å². The second-order valence-corrected chi connectivity index (χ2v) is 6.31. The number of piperidine rings is 1. The number of aliphatic hydroxyl groups excluding tert-OH is 1. The Morgan fingerprint density at radius 2 is 1.60 bits per heavy atom. The lowest BCUT2D eigenvalue weighted by Gasteiger charge is -2.57. The van der Waals surface area contributed by atoms with Crippen LogP contribution in [0, 0.1) is 0 Å². The molecule has 1 unspecified atom stereocenters. The predicted octanol–water partition coefficient (Wildman–Crippen LogP) is 2.80.